The molecule has 0 radical (unpaired) electrons. The summed E-state index contributed by atoms with van der Waals surface area (Å²) in [5.41, 5.74) is 2.81. The van der Waals surface area contributed by atoms with Gasteiger partial charge in [-0.2, -0.15) is 4.80 Å². The van der Waals surface area contributed by atoms with E-state index in [1.165, 1.54) is 23.0 Å². The third-order valence-electron chi connectivity index (χ3n) is 7.27. The molecule has 11 nitrogen and oxygen atoms in total. The van der Waals surface area contributed by atoms with Gasteiger partial charge in [0, 0.05) is 23.6 Å². The summed E-state index contributed by atoms with van der Waals surface area (Å²) in [7, 11) is 1.66. The van der Waals surface area contributed by atoms with Crippen LogP contribution in [0, 0.1) is 18.2 Å². The summed E-state index contributed by atoms with van der Waals surface area (Å²) in [6.07, 6.45) is 0.136. The minimum absolute atomic E-state index is 0.0851. The Hall–Kier alpha value is -6.03. The maximum atomic E-state index is 15.7. The van der Waals surface area contributed by atoms with Gasteiger partial charge in [0.05, 0.1) is 42.5 Å². The van der Waals surface area contributed by atoms with E-state index in [1.807, 2.05) is 4.57 Å². The zero-order valence-electron chi connectivity index (χ0n) is 26.6. The van der Waals surface area contributed by atoms with Crippen LogP contribution in [0.3, 0.4) is 0 Å². The van der Waals surface area contributed by atoms with E-state index >= 15 is 4.39 Å². The number of fused-ring (bicyclic) bond motifs is 1. The van der Waals surface area contributed by atoms with Crippen molar-refractivity contribution in [2.24, 2.45) is 7.05 Å². The lowest BCUT2D eigenvalue weighted by Gasteiger charge is -2.19. The van der Waals surface area contributed by atoms with Gasteiger partial charge in [-0.3, -0.25) is 0 Å². The summed E-state index contributed by atoms with van der Waals surface area (Å²) in [5, 5.41) is 12.3. The predicted molar refractivity (Wildman–Crippen MR) is 172 cm³/mol. The Kier molecular flexibility index (Phi) is 8.65. The third kappa shape index (κ3) is 7.18. The first-order valence-electron chi connectivity index (χ1n) is 15.0. The molecule has 0 saturated carbocycles. The Balaban J connectivity index is 1.26. The quantitative estimate of drug-likeness (QED) is 0.127. The van der Waals surface area contributed by atoms with Gasteiger partial charge >= 0.3 is 5.97 Å². The van der Waals surface area contributed by atoms with Crippen LogP contribution < -0.4 is 4.74 Å². The highest BCUT2D eigenvalue weighted by molar-refractivity contribution is 5.94. The summed E-state index contributed by atoms with van der Waals surface area (Å²) < 4.78 is 43.1. The molecular formula is C35H30F2N8O3. The molecule has 3 heterocycles. The normalized spacial score (nSPS) is 11.4. The minimum atomic E-state index is -0.666. The van der Waals surface area contributed by atoms with E-state index in [0.29, 0.717) is 45.1 Å². The van der Waals surface area contributed by atoms with Crippen molar-refractivity contribution < 1.29 is 23.0 Å². The topological polar surface area (TPSA) is 114 Å². The van der Waals surface area contributed by atoms with Crippen LogP contribution in [-0.2, 0) is 31.4 Å². The zero-order chi connectivity index (χ0) is 34.0. The Morgan fingerprint density at radius 3 is 2.46 bits per heavy atom. The number of ether oxygens (including phenoxy) is 2. The summed E-state index contributed by atoms with van der Waals surface area (Å²) in [4.78, 5) is 26.7. The lowest BCUT2D eigenvalue weighted by Crippen LogP contribution is -2.23. The molecule has 0 bridgehead atoms. The SMILES string of the molecule is [C-]#[N+]c1ccc(COc2cccc(-c3ccc(Cc4nc5ccc(C(=O)OC(C)(C)C)cc5n4Cc4nnn(C)n4)c(F)c3)n2)c(F)c1. The van der Waals surface area contributed by atoms with Crippen molar-refractivity contribution in [1.82, 2.24) is 34.7 Å². The number of pyridine rings is 1. The number of hydrogen-bond donors (Lipinski definition) is 0. The van der Waals surface area contributed by atoms with Crippen LogP contribution in [0.15, 0.2) is 72.8 Å². The molecule has 0 atom stereocenters. The molecule has 0 saturated heterocycles. The van der Waals surface area contributed by atoms with Gasteiger partial charge in [-0.25, -0.2) is 28.4 Å². The van der Waals surface area contributed by atoms with Gasteiger partial charge in [-0.05, 0) is 67.9 Å². The number of halogens is 2. The number of aryl methyl sites for hydroxylation is 1. The highest BCUT2D eigenvalue weighted by Crippen LogP contribution is 2.27. The van der Waals surface area contributed by atoms with Gasteiger partial charge in [-0.1, -0.05) is 30.3 Å². The third-order valence-corrected chi connectivity index (χ3v) is 7.27. The van der Waals surface area contributed by atoms with Gasteiger partial charge in [0.2, 0.25) is 5.88 Å². The maximum absolute atomic E-state index is 15.7. The van der Waals surface area contributed by atoms with E-state index < -0.39 is 23.2 Å². The molecule has 0 aliphatic heterocycles. The molecular weight excluding hydrogens is 618 g/mol. The maximum Gasteiger partial charge on any atom is 0.338 e. The van der Waals surface area contributed by atoms with Crippen LogP contribution in [-0.4, -0.2) is 46.3 Å². The van der Waals surface area contributed by atoms with Crippen LogP contribution >= 0.6 is 0 Å². The molecule has 0 aliphatic rings. The van der Waals surface area contributed by atoms with E-state index in [9.17, 15) is 9.18 Å². The molecule has 0 fully saturated rings. The summed E-state index contributed by atoms with van der Waals surface area (Å²) >= 11 is 0. The van der Waals surface area contributed by atoms with Crippen molar-refractivity contribution in [3.8, 4) is 17.1 Å². The van der Waals surface area contributed by atoms with Crippen molar-refractivity contribution in [2.75, 3.05) is 0 Å². The summed E-state index contributed by atoms with van der Waals surface area (Å²) in [6, 6.07) is 19.1. The summed E-state index contributed by atoms with van der Waals surface area (Å²) in [6.45, 7) is 12.5. The van der Waals surface area contributed by atoms with Gasteiger partial charge < -0.3 is 14.0 Å². The molecule has 3 aromatic heterocycles. The number of benzene rings is 3. The molecule has 0 aliphatic carbocycles. The number of rotatable bonds is 9. The van der Waals surface area contributed by atoms with Crippen molar-refractivity contribution in [2.45, 2.75) is 45.9 Å². The number of nitrogens with zero attached hydrogens (tertiary/aromatic N) is 8. The van der Waals surface area contributed by atoms with E-state index in [-0.39, 0.29) is 36.7 Å². The Morgan fingerprint density at radius 1 is 0.958 bits per heavy atom. The molecule has 6 rings (SSSR count). The number of esters is 1. The Labute approximate surface area is 274 Å². The number of hydrogen-bond acceptors (Lipinski definition) is 8. The molecule has 48 heavy (non-hydrogen) atoms. The van der Waals surface area contributed by atoms with Crippen molar-refractivity contribution in [3.63, 3.8) is 0 Å². The van der Waals surface area contributed by atoms with Gasteiger partial charge in [0.25, 0.3) is 0 Å². The summed E-state index contributed by atoms with van der Waals surface area (Å²) in [5.74, 6) is -0.273. The predicted octanol–water partition coefficient (Wildman–Crippen LogP) is 6.62. The van der Waals surface area contributed by atoms with E-state index in [0.717, 1.165) is 6.07 Å². The molecule has 0 amide bonds. The second-order valence-corrected chi connectivity index (χ2v) is 12.0. The Bertz CT molecular complexity index is 2200. The average molecular weight is 649 g/mol. The molecule has 0 N–H and O–H groups in total. The van der Waals surface area contributed by atoms with Gasteiger partial charge in [0.15, 0.2) is 11.5 Å². The van der Waals surface area contributed by atoms with E-state index in [4.69, 9.17) is 21.0 Å². The standard InChI is InChI=1S/C35H30F2N8O3/c1-35(2,3)48-34(46)23-12-14-29-30(16-23)45(19-31-41-43-44(5)42-31)32(39-29)17-21-9-10-22(15-26(21)36)28-7-6-8-33(40-28)47-20-24-11-13-25(38-4)18-27(24)37/h6-16,18H,17,19-20H2,1-3,5H3. The number of carbonyl (C=O) groups is 1. The molecule has 0 spiro atoms. The average Bonchev–Trinajstić information content (AvgIpc) is 3.62. The molecule has 3 aromatic carbocycles. The second kappa shape index (κ2) is 13.0. The lowest BCUT2D eigenvalue weighted by molar-refractivity contribution is 0.00696. The molecule has 0 unspecified atom stereocenters. The van der Waals surface area contributed by atoms with Crippen LogP contribution in [0.1, 0.15) is 53.9 Å². The van der Waals surface area contributed by atoms with Crippen molar-refractivity contribution >= 4 is 22.7 Å². The van der Waals surface area contributed by atoms with Crippen LogP contribution in [0.4, 0.5) is 14.5 Å². The monoisotopic (exact) mass is 648 g/mol. The Morgan fingerprint density at radius 2 is 1.75 bits per heavy atom. The van der Waals surface area contributed by atoms with Crippen molar-refractivity contribution in [1.29, 1.82) is 0 Å². The number of tetrazole rings is 1. The van der Waals surface area contributed by atoms with Crippen LogP contribution in [0.5, 0.6) is 5.88 Å². The lowest BCUT2D eigenvalue weighted by atomic mass is 10.1. The number of aromatic nitrogens is 7. The molecule has 6 aromatic rings. The zero-order valence-corrected chi connectivity index (χ0v) is 26.6. The minimum Gasteiger partial charge on any atom is -0.473 e. The largest absolute Gasteiger partial charge is 0.473 e. The molecule has 242 valence electrons. The highest BCUT2D eigenvalue weighted by Gasteiger charge is 2.21. The second-order valence-electron chi connectivity index (χ2n) is 12.0. The molecule has 13 heteroatoms. The fraction of sp³-hybridized carbons (Fsp3) is 0.229. The van der Waals surface area contributed by atoms with Gasteiger partial charge in [-0.15, -0.1) is 10.2 Å². The van der Waals surface area contributed by atoms with Crippen molar-refractivity contribution in [3.05, 3.63) is 124 Å². The van der Waals surface area contributed by atoms with E-state index in [2.05, 4.69) is 25.2 Å². The fourth-order valence-electron chi connectivity index (χ4n) is 5.03. The van der Waals surface area contributed by atoms with Crippen LogP contribution in [0.25, 0.3) is 27.1 Å². The van der Waals surface area contributed by atoms with Crippen LogP contribution in [0.2, 0.25) is 0 Å². The first kappa shape index (κ1) is 31.9. The first-order chi connectivity index (χ1) is 23.0. The number of carbonyl (C=O) groups excluding carboxylic acids is 1. The smallest absolute Gasteiger partial charge is 0.338 e. The van der Waals surface area contributed by atoms with E-state index in [1.54, 1.807) is 76.3 Å². The number of imidazole rings is 1. The van der Waals surface area contributed by atoms with Gasteiger partial charge in [0.1, 0.15) is 29.7 Å². The fourth-order valence-corrected chi connectivity index (χ4v) is 5.03. The first-order valence-corrected chi connectivity index (χ1v) is 15.0. The highest BCUT2D eigenvalue weighted by atomic mass is 19.1.